The van der Waals surface area contributed by atoms with E-state index >= 15 is 0 Å². The molecule has 3 nitrogen and oxygen atoms in total. The molecular formula is C12H17BrN2O. The van der Waals surface area contributed by atoms with Crippen molar-refractivity contribution in [3.8, 4) is 0 Å². The van der Waals surface area contributed by atoms with E-state index in [1.54, 1.807) is 6.92 Å². The predicted molar refractivity (Wildman–Crippen MR) is 69.1 cm³/mol. The van der Waals surface area contributed by atoms with Gasteiger partial charge in [0.25, 0.3) is 0 Å². The summed E-state index contributed by atoms with van der Waals surface area (Å²) in [4.78, 5) is 11.4. The summed E-state index contributed by atoms with van der Waals surface area (Å²) in [6.45, 7) is 3.66. The molecule has 0 saturated heterocycles. The van der Waals surface area contributed by atoms with Crippen molar-refractivity contribution >= 4 is 21.8 Å². The summed E-state index contributed by atoms with van der Waals surface area (Å²) < 4.78 is 1.05. The highest BCUT2D eigenvalue weighted by Crippen LogP contribution is 2.12. The fourth-order valence-electron chi connectivity index (χ4n) is 1.44. The topological polar surface area (TPSA) is 55.1 Å². The first-order valence-electron chi connectivity index (χ1n) is 5.29. The first-order chi connectivity index (χ1) is 7.49. The summed E-state index contributed by atoms with van der Waals surface area (Å²) in [5.74, 6) is -0.109. The van der Waals surface area contributed by atoms with Gasteiger partial charge in [0.1, 0.15) is 0 Å². The van der Waals surface area contributed by atoms with Crippen molar-refractivity contribution in [2.24, 2.45) is 5.73 Å². The van der Waals surface area contributed by atoms with Crippen LogP contribution in [0.1, 0.15) is 19.4 Å². The van der Waals surface area contributed by atoms with Crippen molar-refractivity contribution in [2.45, 2.75) is 32.4 Å². The lowest BCUT2D eigenvalue weighted by Gasteiger charge is -2.15. The molecule has 4 heteroatoms. The number of amides is 1. The Kier molecular flexibility index (Phi) is 4.96. The Labute approximate surface area is 105 Å². The standard InChI is InChI=1S/C12H17BrN2O/c1-8(15-12(16)9(2)14)6-10-4-3-5-11(13)7-10/h3-5,7-9H,6,14H2,1-2H3,(H,15,16)/t8?,9-/m0/s1. The third-order valence-corrected chi connectivity index (χ3v) is 2.73. The van der Waals surface area contributed by atoms with Crippen molar-refractivity contribution in [1.82, 2.24) is 5.32 Å². The second-order valence-corrected chi connectivity index (χ2v) is 4.95. The molecular weight excluding hydrogens is 268 g/mol. The largest absolute Gasteiger partial charge is 0.352 e. The Balaban J connectivity index is 2.51. The first kappa shape index (κ1) is 13.2. The fourth-order valence-corrected chi connectivity index (χ4v) is 1.89. The number of carbonyl (C=O) groups is 1. The zero-order chi connectivity index (χ0) is 12.1. The van der Waals surface area contributed by atoms with Crippen molar-refractivity contribution in [2.75, 3.05) is 0 Å². The third kappa shape index (κ3) is 4.33. The molecule has 1 unspecified atom stereocenters. The van der Waals surface area contributed by atoms with Crippen molar-refractivity contribution in [3.63, 3.8) is 0 Å². The molecule has 2 atom stereocenters. The minimum absolute atomic E-state index is 0.0906. The highest BCUT2D eigenvalue weighted by Gasteiger charge is 2.11. The van der Waals surface area contributed by atoms with Crippen LogP contribution in [0.2, 0.25) is 0 Å². The summed E-state index contributed by atoms with van der Waals surface area (Å²) in [6.07, 6.45) is 0.803. The minimum atomic E-state index is -0.454. The fraction of sp³-hybridized carbons (Fsp3) is 0.417. The van der Waals surface area contributed by atoms with Crippen LogP contribution in [0, 0.1) is 0 Å². The number of carbonyl (C=O) groups excluding carboxylic acids is 1. The molecule has 16 heavy (non-hydrogen) atoms. The van der Waals surface area contributed by atoms with E-state index in [1.165, 1.54) is 5.56 Å². The van der Waals surface area contributed by atoms with Crippen LogP contribution < -0.4 is 11.1 Å². The van der Waals surface area contributed by atoms with E-state index < -0.39 is 6.04 Å². The van der Waals surface area contributed by atoms with Crippen LogP contribution in [0.3, 0.4) is 0 Å². The Morgan fingerprint density at radius 2 is 2.19 bits per heavy atom. The van der Waals surface area contributed by atoms with Gasteiger partial charge >= 0.3 is 0 Å². The van der Waals surface area contributed by atoms with Crippen molar-refractivity contribution in [3.05, 3.63) is 34.3 Å². The highest BCUT2D eigenvalue weighted by molar-refractivity contribution is 9.10. The summed E-state index contributed by atoms with van der Waals surface area (Å²) in [6, 6.07) is 7.69. The molecule has 1 aromatic carbocycles. The average molecular weight is 285 g/mol. The molecule has 1 aromatic rings. The van der Waals surface area contributed by atoms with Crippen molar-refractivity contribution < 1.29 is 4.79 Å². The van der Waals surface area contributed by atoms with E-state index in [4.69, 9.17) is 5.73 Å². The summed E-state index contributed by atoms with van der Waals surface area (Å²) >= 11 is 3.42. The molecule has 1 rings (SSSR count). The quantitative estimate of drug-likeness (QED) is 0.887. The SMILES string of the molecule is CC(Cc1cccc(Br)c1)NC(=O)[C@H](C)N. The van der Waals surface area contributed by atoms with Crippen molar-refractivity contribution in [1.29, 1.82) is 0 Å². The normalized spacial score (nSPS) is 14.2. The lowest BCUT2D eigenvalue weighted by atomic mass is 10.1. The molecule has 0 aromatic heterocycles. The molecule has 88 valence electrons. The number of hydrogen-bond donors (Lipinski definition) is 2. The summed E-state index contributed by atoms with van der Waals surface area (Å²) in [7, 11) is 0. The smallest absolute Gasteiger partial charge is 0.236 e. The molecule has 0 radical (unpaired) electrons. The Morgan fingerprint density at radius 3 is 2.75 bits per heavy atom. The molecule has 0 aliphatic rings. The molecule has 0 fully saturated rings. The van der Waals surface area contributed by atoms with Crippen LogP contribution in [0.25, 0.3) is 0 Å². The molecule has 0 aliphatic heterocycles. The maximum absolute atomic E-state index is 11.4. The molecule has 0 bridgehead atoms. The van der Waals surface area contributed by atoms with Crippen LogP contribution in [-0.4, -0.2) is 18.0 Å². The van der Waals surface area contributed by atoms with E-state index in [0.29, 0.717) is 0 Å². The van der Waals surface area contributed by atoms with Gasteiger partial charge < -0.3 is 11.1 Å². The summed E-state index contributed by atoms with van der Waals surface area (Å²) in [5.41, 5.74) is 6.67. The molecule has 3 N–H and O–H groups in total. The molecule has 0 aliphatic carbocycles. The predicted octanol–water partition coefficient (Wildman–Crippen LogP) is 1.84. The average Bonchev–Trinajstić information content (AvgIpc) is 2.16. The van der Waals surface area contributed by atoms with Gasteiger partial charge in [-0.25, -0.2) is 0 Å². The van der Waals surface area contributed by atoms with Gasteiger partial charge in [-0.15, -0.1) is 0 Å². The van der Waals surface area contributed by atoms with E-state index in [0.717, 1.165) is 10.9 Å². The second kappa shape index (κ2) is 6.01. The Bertz CT molecular complexity index is 366. The Hall–Kier alpha value is -0.870. The number of hydrogen-bond acceptors (Lipinski definition) is 2. The minimum Gasteiger partial charge on any atom is -0.352 e. The number of rotatable bonds is 4. The van der Waals surface area contributed by atoms with Crippen LogP contribution in [-0.2, 0) is 11.2 Å². The van der Waals surface area contributed by atoms with Gasteiger partial charge in [-0.2, -0.15) is 0 Å². The Morgan fingerprint density at radius 1 is 1.50 bits per heavy atom. The van der Waals surface area contributed by atoms with Gasteiger partial charge in [-0.05, 0) is 38.0 Å². The van der Waals surface area contributed by atoms with Crippen LogP contribution in [0.5, 0.6) is 0 Å². The lowest BCUT2D eigenvalue weighted by Crippen LogP contribution is -2.43. The first-order valence-corrected chi connectivity index (χ1v) is 6.08. The van der Waals surface area contributed by atoms with Gasteiger partial charge in [0.2, 0.25) is 5.91 Å². The van der Waals surface area contributed by atoms with Gasteiger partial charge in [0, 0.05) is 10.5 Å². The van der Waals surface area contributed by atoms with Crippen LogP contribution >= 0.6 is 15.9 Å². The third-order valence-electron chi connectivity index (χ3n) is 2.23. The summed E-state index contributed by atoms with van der Waals surface area (Å²) in [5, 5.41) is 2.87. The van der Waals surface area contributed by atoms with Gasteiger partial charge in [-0.3, -0.25) is 4.79 Å². The zero-order valence-electron chi connectivity index (χ0n) is 9.53. The van der Waals surface area contributed by atoms with E-state index in [1.807, 2.05) is 25.1 Å². The molecule has 1 amide bonds. The van der Waals surface area contributed by atoms with E-state index in [-0.39, 0.29) is 11.9 Å². The maximum atomic E-state index is 11.4. The molecule has 0 spiro atoms. The number of halogens is 1. The van der Waals surface area contributed by atoms with Gasteiger partial charge in [-0.1, -0.05) is 28.1 Å². The van der Waals surface area contributed by atoms with E-state index in [2.05, 4.69) is 27.3 Å². The second-order valence-electron chi connectivity index (χ2n) is 4.03. The van der Waals surface area contributed by atoms with Gasteiger partial charge in [0.05, 0.1) is 6.04 Å². The number of benzene rings is 1. The highest BCUT2D eigenvalue weighted by atomic mass is 79.9. The van der Waals surface area contributed by atoms with Gasteiger partial charge in [0.15, 0.2) is 0 Å². The van der Waals surface area contributed by atoms with Crippen LogP contribution in [0.15, 0.2) is 28.7 Å². The zero-order valence-corrected chi connectivity index (χ0v) is 11.1. The van der Waals surface area contributed by atoms with Crippen LogP contribution in [0.4, 0.5) is 0 Å². The number of nitrogens with two attached hydrogens (primary N) is 1. The molecule has 0 saturated carbocycles. The monoisotopic (exact) mass is 284 g/mol. The molecule has 0 heterocycles. The lowest BCUT2D eigenvalue weighted by molar-refractivity contribution is -0.122. The maximum Gasteiger partial charge on any atom is 0.236 e. The van der Waals surface area contributed by atoms with E-state index in [9.17, 15) is 4.79 Å². The number of nitrogens with one attached hydrogen (secondary N) is 1.